The van der Waals surface area contributed by atoms with Crippen LogP contribution in [0.5, 0.6) is 0 Å². The van der Waals surface area contributed by atoms with Crippen molar-refractivity contribution in [1.29, 1.82) is 0 Å². The van der Waals surface area contributed by atoms with E-state index in [0.29, 0.717) is 12.0 Å². The van der Waals surface area contributed by atoms with E-state index in [1.54, 1.807) is 0 Å². The highest BCUT2D eigenvalue weighted by Gasteiger charge is 2.36. The van der Waals surface area contributed by atoms with Crippen LogP contribution in [0.4, 0.5) is 11.8 Å². The molecular weight excluding hydrogens is 236 g/mol. The molecule has 1 fully saturated rings. The molecule has 1 aromatic carbocycles. The fraction of sp³-hybridized carbons (Fsp3) is 0.467. The maximum absolute atomic E-state index is 4.56. The number of aromatic nitrogens is 2. The van der Waals surface area contributed by atoms with Gasteiger partial charge in [0.1, 0.15) is 5.82 Å². The third-order valence-electron chi connectivity index (χ3n) is 3.73. The Morgan fingerprint density at radius 3 is 2.89 bits per heavy atom. The van der Waals surface area contributed by atoms with Crippen molar-refractivity contribution in [3.05, 3.63) is 24.3 Å². The van der Waals surface area contributed by atoms with Crippen LogP contribution in [0.25, 0.3) is 10.9 Å². The lowest BCUT2D eigenvalue weighted by Gasteiger charge is -2.10. The van der Waals surface area contributed by atoms with E-state index in [1.807, 2.05) is 25.2 Å². The summed E-state index contributed by atoms with van der Waals surface area (Å²) in [6.45, 7) is 2.24. The minimum absolute atomic E-state index is 0.586. The molecule has 2 aromatic rings. The molecule has 0 radical (unpaired) electrons. The monoisotopic (exact) mass is 256 g/mol. The number of hydrogen-bond donors (Lipinski definition) is 2. The van der Waals surface area contributed by atoms with Crippen LogP contribution in [0.3, 0.4) is 0 Å². The predicted octanol–water partition coefficient (Wildman–Crippen LogP) is 3.27. The van der Waals surface area contributed by atoms with Gasteiger partial charge in [0, 0.05) is 18.5 Å². The van der Waals surface area contributed by atoms with E-state index in [9.17, 15) is 0 Å². The number of anilines is 2. The molecule has 4 heteroatoms. The summed E-state index contributed by atoms with van der Waals surface area (Å²) in [6.07, 6.45) is 3.83. The molecule has 19 heavy (non-hydrogen) atoms. The lowest BCUT2D eigenvalue weighted by molar-refractivity contribution is 0.692. The molecule has 1 saturated carbocycles. The van der Waals surface area contributed by atoms with Gasteiger partial charge in [-0.05, 0) is 30.9 Å². The summed E-state index contributed by atoms with van der Waals surface area (Å²) >= 11 is 0. The van der Waals surface area contributed by atoms with Gasteiger partial charge in [-0.15, -0.1) is 0 Å². The Morgan fingerprint density at radius 1 is 1.26 bits per heavy atom. The number of rotatable bonds is 5. The summed E-state index contributed by atoms with van der Waals surface area (Å²) in [5.74, 6) is 2.45. The van der Waals surface area contributed by atoms with Crippen LogP contribution in [0.1, 0.15) is 26.2 Å². The van der Waals surface area contributed by atoms with Gasteiger partial charge in [0.2, 0.25) is 5.95 Å². The Balaban J connectivity index is 1.89. The Morgan fingerprint density at radius 2 is 2.11 bits per heavy atom. The van der Waals surface area contributed by atoms with Crippen molar-refractivity contribution < 1.29 is 0 Å². The summed E-state index contributed by atoms with van der Waals surface area (Å²) in [5, 5.41) is 7.71. The third-order valence-corrected chi connectivity index (χ3v) is 3.73. The van der Waals surface area contributed by atoms with Crippen LogP contribution in [0.15, 0.2) is 24.3 Å². The van der Waals surface area contributed by atoms with Crippen molar-refractivity contribution >= 4 is 22.7 Å². The molecule has 0 bridgehead atoms. The first-order valence-corrected chi connectivity index (χ1v) is 7.03. The molecule has 0 saturated heterocycles. The van der Waals surface area contributed by atoms with Gasteiger partial charge in [-0.2, -0.15) is 4.98 Å². The Bertz CT molecular complexity index is 581. The fourth-order valence-electron chi connectivity index (χ4n) is 2.59. The van der Waals surface area contributed by atoms with Crippen LogP contribution in [0.2, 0.25) is 0 Å². The number of hydrogen-bond acceptors (Lipinski definition) is 4. The minimum atomic E-state index is 0.586. The van der Waals surface area contributed by atoms with Crippen molar-refractivity contribution in [2.24, 2.45) is 5.92 Å². The summed E-state index contributed by atoms with van der Waals surface area (Å²) in [7, 11) is 1.85. The zero-order valence-electron chi connectivity index (χ0n) is 11.5. The molecule has 1 heterocycles. The minimum Gasteiger partial charge on any atom is -0.366 e. The molecule has 1 aromatic heterocycles. The number of benzene rings is 1. The van der Waals surface area contributed by atoms with Crippen molar-refractivity contribution in [1.82, 2.24) is 9.97 Å². The van der Waals surface area contributed by atoms with Gasteiger partial charge >= 0.3 is 0 Å². The van der Waals surface area contributed by atoms with Gasteiger partial charge in [0.25, 0.3) is 0 Å². The summed E-state index contributed by atoms with van der Waals surface area (Å²) in [4.78, 5) is 9.04. The Kier molecular flexibility index (Phi) is 3.23. The topological polar surface area (TPSA) is 49.8 Å². The molecule has 100 valence electrons. The van der Waals surface area contributed by atoms with E-state index in [-0.39, 0.29) is 0 Å². The summed E-state index contributed by atoms with van der Waals surface area (Å²) in [5.41, 5.74) is 0.983. The van der Waals surface area contributed by atoms with Gasteiger partial charge in [-0.25, -0.2) is 4.98 Å². The predicted molar refractivity (Wildman–Crippen MR) is 79.5 cm³/mol. The molecule has 0 spiro atoms. The molecule has 0 amide bonds. The average Bonchev–Trinajstić information content (AvgIpc) is 3.17. The lowest BCUT2D eigenvalue weighted by Crippen LogP contribution is -2.09. The van der Waals surface area contributed by atoms with Crippen molar-refractivity contribution in [2.75, 3.05) is 17.7 Å². The zero-order valence-corrected chi connectivity index (χ0v) is 11.5. The van der Waals surface area contributed by atoms with Crippen LogP contribution in [-0.2, 0) is 0 Å². The second-order valence-electron chi connectivity index (χ2n) is 5.20. The second-order valence-corrected chi connectivity index (χ2v) is 5.20. The first-order chi connectivity index (χ1) is 9.31. The maximum atomic E-state index is 4.56. The second kappa shape index (κ2) is 5.03. The average molecular weight is 256 g/mol. The van der Waals surface area contributed by atoms with Crippen molar-refractivity contribution in [3.63, 3.8) is 0 Å². The number of para-hydroxylation sites is 1. The highest BCUT2D eigenvalue weighted by molar-refractivity contribution is 5.90. The van der Waals surface area contributed by atoms with Crippen LogP contribution < -0.4 is 10.6 Å². The maximum Gasteiger partial charge on any atom is 0.224 e. The molecule has 1 aliphatic carbocycles. The molecule has 2 unspecified atom stereocenters. The Hall–Kier alpha value is -1.84. The van der Waals surface area contributed by atoms with Gasteiger partial charge in [-0.3, -0.25) is 0 Å². The molecule has 0 aliphatic heterocycles. The lowest BCUT2D eigenvalue weighted by atomic mass is 10.2. The largest absolute Gasteiger partial charge is 0.366 e. The van der Waals surface area contributed by atoms with Crippen molar-refractivity contribution in [3.8, 4) is 0 Å². The zero-order chi connectivity index (χ0) is 13.2. The van der Waals surface area contributed by atoms with Gasteiger partial charge < -0.3 is 10.6 Å². The first kappa shape index (κ1) is 12.2. The number of fused-ring (bicyclic) bond motifs is 1. The summed E-state index contributed by atoms with van der Waals surface area (Å²) in [6, 6.07) is 8.73. The number of nitrogens with one attached hydrogen (secondary N) is 2. The van der Waals surface area contributed by atoms with Gasteiger partial charge in [0.15, 0.2) is 0 Å². The van der Waals surface area contributed by atoms with Crippen LogP contribution >= 0.6 is 0 Å². The molecule has 2 N–H and O–H groups in total. The van der Waals surface area contributed by atoms with E-state index in [1.165, 1.54) is 19.3 Å². The van der Waals surface area contributed by atoms with E-state index in [2.05, 4.69) is 33.6 Å². The highest BCUT2D eigenvalue weighted by Crippen LogP contribution is 2.38. The van der Waals surface area contributed by atoms with Crippen LogP contribution in [-0.4, -0.2) is 23.1 Å². The van der Waals surface area contributed by atoms with E-state index in [4.69, 9.17) is 0 Å². The van der Waals surface area contributed by atoms with Crippen molar-refractivity contribution in [2.45, 2.75) is 32.2 Å². The quantitative estimate of drug-likeness (QED) is 0.862. The molecule has 3 rings (SSSR count). The van der Waals surface area contributed by atoms with Gasteiger partial charge in [0.05, 0.1) is 5.52 Å². The summed E-state index contributed by atoms with van der Waals surface area (Å²) < 4.78 is 0. The highest BCUT2D eigenvalue weighted by atomic mass is 15.1. The fourth-order valence-corrected chi connectivity index (χ4v) is 2.59. The molecule has 2 atom stereocenters. The third kappa shape index (κ3) is 2.48. The molecular formula is C15H20N4. The van der Waals surface area contributed by atoms with Crippen LogP contribution in [0, 0.1) is 5.92 Å². The SMILES string of the molecule is CCCC1CC1Nc1nc(NC)nc2ccccc12. The normalized spacial score (nSPS) is 21.4. The van der Waals surface area contributed by atoms with E-state index >= 15 is 0 Å². The number of nitrogens with zero attached hydrogens (tertiary/aromatic N) is 2. The first-order valence-electron chi connectivity index (χ1n) is 7.03. The van der Waals surface area contributed by atoms with Gasteiger partial charge in [-0.1, -0.05) is 25.5 Å². The molecule has 4 nitrogen and oxygen atoms in total. The standard InChI is InChI=1S/C15H20N4/c1-3-6-10-9-13(10)17-14-11-7-4-5-8-12(11)18-15(16-2)19-14/h4-5,7-8,10,13H,3,6,9H2,1-2H3,(H2,16,17,18,19). The Labute approximate surface area is 113 Å². The van der Waals surface area contributed by atoms with E-state index < -0.39 is 0 Å². The van der Waals surface area contributed by atoms with E-state index in [0.717, 1.165) is 22.6 Å². The molecule has 1 aliphatic rings. The smallest absolute Gasteiger partial charge is 0.224 e.